The average Bonchev–Trinajstić information content (AvgIpc) is 3.39. The van der Waals surface area contributed by atoms with Gasteiger partial charge in [0.15, 0.2) is 5.78 Å². The van der Waals surface area contributed by atoms with E-state index in [-0.39, 0.29) is 19.0 Å². The Balaban J connectivity index is 1.32. The molecular formula is C33H29NO5S. The van der Waals surface area contributed by atoms with E-state index in [0.29, 0.717) is 22.4 Å². The predicted octanol–water partition coefficient (Wildman–Crippen LogP) is 6.83. The summed E-state index contributed by atoms with van der Waals surface area (Å²) in [6.07, 6.45) is 0. The number of hydrogen-bond donors (Lipinski definition) is 1. The fourth-order valence-electron chi connectivity index (χ4n) is 5.03. The molecule has 5 rings (SSSR count). The highest BCUT2D eigenvalue weighted by molar-refractivity contribution is 7.17. The van der Waals surface area contributed by atoms with Gasteiger partial charge in [-0.05, 0) is 66.4 Å². The maximum Gasteiger partial charge on any atom is 0.338 e. The van der Waals surface area contributed by atoms with Gasteiger partial charge >= 0.3 is 11.9 Å². The van der Waals surface area contributed by atoms with E-state index in [1.807, 2.05) is 73.8 Å². The van der Waals surface area contributed by atoms with Crippen molar-refractivity contribution in [1.82, 2.24) is 5.32 Å². The maximum atomic E-state index is 13.6. The third-order valence-electron chi connectivity index (χ3n) is 6.95. The van der Waals surface area contributed by atoms with Crippen LogP contribution in [0.4, 0.5) is 0 Å². The molecular weight excluding hydrogens is 522 g/mol. The summed E-state index contributed by atoms with van der Waals surface area (Å²) in [5.41, 5.74) is 5.33. The third kappa shape index (κ3) is 5.60. The maximum absolute atomic E-state index is 13.6. The summed E-state index contributed by atoms with van der Waals surface area (Å²) < 4.78 is 12.2. The lowest BCUT2D eigenvalue weighted by Gasteiger charge is -2.30. The second-order valence-electron chi connectivity index (χ2n) is 9.71. The van der Waals surface area contributed by atoms with Crippen molar-refractivity contribution in [1.29, 1.82) is 0 Å². The first-order chi connectivity index (χ1) is 19.3. The van der Waals surface area contributed by atoms with Crippen molar-refractivity contribution in [3.05, 3.63) is 129 Å². The zero-order valence-electron chi connectivity index (χ0n) is 22.5. The molecule has 7 heteroatoms. The molecule has 1 unspecified atom stereocenters. The molecule has 0 amide bonds. The molecule has 0 radical (unpaired) electrons. The molecule has 0 aliphatic carbocycles. The van der Waals surface area contributed by atoms with E-state index in [2.05, 4.69) is 5.32 Å². The summed E-state index contributed by atoms with van der Waals surface area (Å²) in [6.45, 7) is 5.42. The molecule has 0 fully saturated rings. The minimum Gasteiger partial charge on any atom is -0.457 e. The molecule has 1 N–H and O–H groups in total. The van der Waals surface area contributed by atoms with E-state index in [9.17, 15) is 14.4 Å². The number of carbonyl (C=O) groups is 3. The molecule has 202 valence electrons. The van der Waals surface area contributed by atoms with Crippen LogP contribution >= 0.6 is 11.3 Å². The van der Waals surface area contributed by atoms with Gasteiger partial charge in [0, 0.05) is 27.6 Å². The number of allylic oxidation sites excluding steroid dienone is 3. The van der Waals surface area contributed by atoms with Crippen molar-refractivity contribution in [3.8, 4) is 0 Å². The molecule has 3 aromatic carbocycles. The lowest BCUT2D eigenvalue weighted by molar-refractivity contribution is -0.140. The fraction of sp³-hybridized carbons (Fsp3) is 0.182. The normalized spacial score (nSPS) is 15.1. The molecule has 1 aliphatic heterocycles. The first-order valence-corrected chi connectivity index (χ1v) is 13.8. The number of fused-ring (bicyclic) bond motifs is 1. The number of carbonyl (C=O) groups excluding carboxylic acids is 3. The van der Waals surface area contributed by atoms with Crippen LogP contribution in [0, 0.1) is 0 Å². The summed E-state index contributed by atoms with van der Waals surface area (Å²) in [4.78, 5) is 38.8. The minimum absolute atomic E-state index is 0.0180. The van der Waals surface area contributed by atoms with Crippen LogP contribution in [-0.4, -0.2) is 17.7 Å². The largest absolute Gasteiger partial charge is 0.457 e. The number of nitrogens with one attached hydrogen (secondary N) is 1. The zero-order valence-corrected chi connectivity index (χ0v) is 23.3. The number of esters is 2. The van der Waals surface area contributed by atoms with Gasteiger partial charge in [-0.15, -0.1) is 11.3 Å². The number of hydrogen-bond acceptors (Lipinski definition) is 7. The second kappa shape index (κ2) is 11.7. The third-order valence-corrected chi connectivity index (χ3v) is 7.94. The molecule has 1 atom stereocenters. The number of ketones is 1. The van der Waals surface area contributed by atoms with E-state index in [0.717, 1.165) is 32.5 Å². The number of ether oxygens (including phenoxy) is 2. The molecule has 0 saturated carbocycles. The molecule has 4 aromatic rings. The van der Waals surface area contributed by atoms with Crippen molar-refractivity contribution < 1.29 is 23.9 Å². The SMILES string of the molecule is CC(=O)C1=C(C)NC(C)=C(C(=O)OCc2ccc(C(=O)OCc3ccccc3)cc2)C1c1csc2ccccc12. The highest BCUT2D eigenvalue weighted by Crippen LogP contribution is 2.43. The lowest BCUT2D eigenvalue weighted by Crippen LogP contribution is -2.31. The average molecular weight is 552 g/mol. The quantitative estimate of drug-likeness (QED) is 0.242. The summed E-state index contributed by atoms with van der Waals surface area (Å²) in [5, 5.41) is 6.25. The van der Waals surface area contributed by atoms with Gasteiger partial charge in [0.2, 0.25) is 0 Å². The molecule has 2 heterocycles. The predicted molar refractivity (Wildman–Crippen MR) is 156 cm³/mol. The van der Waals surface area contributed by atoms with Crippen molar-refractivity contribution in [2.24, 2.45) is 0 Å². The highest BCUT2D eigenvalue weighted by Gasteiger charge is 2.37. The molecule has 6 nitrogen and oxygen atoms in total. The second-order valence-corrected chi connectivity index (χ2v) is 10.6. The summed E-state index contributed by atoms with van der Waals surface area (Å²) >= 11 is 1.59. The molecule has 40 heavy (non-hydrogen) atoms. The van der Waals surface area contributed by atoms with Gasteiger partial charge in [0.25, 0.3) is 0 Å². The molecule has 1 aliphatic rings. The number of dihydropyridines is 1. The molecule has 1 aromatic heterocycles. The number of thiophene rings is 1. The summed E-state index contributed by atoms with van der Waals surface area (Å²) in [5.74, 6) is -1.56. The smallest absolute Gasteiger partial charge is 0.338 e. The summed E-state index contributed by atoms with van der Waals surface area (Å²) in [7, 11) is 0. The minimum atomic E-state index is -0.538. The van der Waals surface area contributed by atoms with Crippen LogP contribution in [-0.2, 0) is 32.3 Å². The number of Topliss-reactive ketones (excluding diaryl/α,β-unsaturated/α-hetero) is 1. The van der Waals surface area contributed by atoms with Crippen LogP contribution in [0.2, 0.25) is 0 Å². The molecule has 0 bridgehead atoms. The Bertz CT molecular complexity index is 1650. The Labute approximate surface area is 236 Å². The van der Waals surface area contributed by atoms with E-state index in [4.69, 9.17) is 9.47 Å². The van der Waals surface area contributed by atoms with Crippen LogP contribution in [0.5, 0.6) is 0 Å². The highest BCUT2D eigenvalue weighted by atomic mass is 32.1. The van der Waals surface area contributed by atoms with E-state index in [1.54, 1.807) is 35.6 Å². The monoisotopic (exact) mass is 551 g/mol. The van der Waals surface area contributed by atoms with Gasteiger partial charge in [0.05, 0.1) is 11.1 Å². The standard InChI is InChI=1S/C33H29NO5S/c1-20-29(22(3)35)31(27-19-40-28-12-8-7-11-26(27)28)30(21(2)34-20)33(37)39-18-24-13-15-25(16-14-24)32(36)38-17-23-9-5-4-6-10-23/h4-16,19,31,34H,17-18H2,1-3H3. The fourth-order valence-corrected chi connectivity index (χ4v) is 6.02. The van der Waals surface area contributed by atoms with Crippen LogP contribution in [0.25, 0.3) is 10.1 Å². The van der Waals surface area contributed by atoms with E-state index in [1.165, 1.54) is 6.92 Å². The van der Waals surface area contributed by atoms with Gasteiger partial charge in [-0.1, -0.05) is 60.7 Å². The first kappa shape index (κ1) is 27.1. The van der Waals surface area contributed by atoms with Gasteiger partial charge in [-0.2, -0.15) is 0 Å². The van der Waals surface area contributed by atoms with Gasteiger partial charge in [-0.25, -0.2) is 9.59 Å². The van der Waals surface area contributed by atoms with Crippen LogP contribution in [0.15, 0.2) is 107 Å². The Hall–Kier alpha value is -4.49. The van der Waals surface area contributed by atoms with Gasteiger partial charge in [0.1, 0.15) is 13.2 Å². The Morgan fingerprint density at radius 3 is 2.05 bits per heavy atom. The summed E-state index contributed by atoms with van der Waals surface area (Å²) in [6, 6.07) is 24.2. The Morgan fingerprint density at radius 1 is 0.750 bits per heavy atom. The molecule has 0 spiro atoms. The van der Waals surface area contributed by atoms with Crippen molar-refractivity contribution in [3.63, 3.8) is 0 Å². The van der Waals surface area contributed by atoms with E-state index >= 15 is 0 Å². The van der Waals surface area contributed by atoms with Gasteiger partial charge < -0.3 is 14.8 Å². The van der Waals surface area contributed by atoms with Crippen molar-refractivity contribution in [2.75, 3.05) is 0 Å². The van der Waals surface area contributed by atoms with Crippen molar-refractivity contribution >= 4 is 39.1 Å². The topological polar surface area (TPSA) is 81.7 Å². The van der Waals surface area contributed by atoms with Crippen molar-refractivity contribution in [2.45, 2.75) is 39.9 Å². The Kier molecular flexibility index (Phi) is 7.94. The van der Waals surface area contributed by atoms with Crippen LogP contribution < -0.4 is 5.32 Å². The lowest BCUT2D eigenvalue weighted by atomic mass is 9.79. The van der Waals surface area contributed by atoms with Gasteiger partial charge in [-0.3, -0.25) is 4.79 Å². The van der Waals surface area contributed by atoms with Crippen LogP contribution in [0.1, 0.15) is 53.7 Å². The van der Waals surface area contributed by atoms with Crippen LogP contribution in [0.3, 0.4) is 0 Å². The number of benzene rings is 3. The number of rotatable bonds is 8. The molecule has 0 saturated heterocycles. The Morgan fingerprint density at radius 2 is 1.35 bits per heavy atom. The first-order valence-electron chi connectivity index (χ1n) is 13.0. The van der Waals surface area contributed by atoms with E-state index < -0.39 is 17.9 Å². The zero-order chi connectivity index (χ0) is 28.2.